The summed E-state index contributed by atoms with van der Waals surface area (Å²) in [5, 5.41) is 0. The van der Waals surface area contributed by atoms with Crippen LogP contribution in [0.1, 0.15) is 24.8 Å². The summed E-state index contributed by atoms with van der Waals surface area (Å²) in [4.78, 5) is 10.9. The highest BCUT2D eigenvalue weighted by Gasteiger charge is 2.65. The van der Waals surface area contributed by atoms with Crippen molar-refractivity contribution >= 4 is 29.1 Å². The van der Waals surface area contributed by atoms with Gasteiger partial charge in [0.1, 0.15) is 5.60 Å². The van der Waals surface area contributed by atoms with Crippen LogP contribution in [-0.4, -0.2) is 10.4 Å². The van der Waals surface area contributed by atoms with Crippen LogP contribution in [0.4, 0.5) is 0 Å². The molecule has 2 saturated carbocycles. The summed E-state index contributed by atoms with van der Waals surface area (Å²) in [6.45, 7) is 0.640. The van der Waals surface area contributed by atoms with Gasteiger partial charge in [0.25, 0.3) is 6.47 Å². The topological polar surface area (TPSA) is 26.3 Å². The molecule has 1 aromatic rings. The van der Waals surface area contributed by atoms with E-state index >= 15 is 0 Å². The predicted molar refractivity (Wildman–Crippen MR) is 73.9 cm³/mol. The average Bonchev–Trinajstić information content (AvgIpc) is 2.40. The zero-order chi connectivity index (χ0) is 11.9. The number of carbonyl (C=O) groups excluding carboxylic acids is 1. The van der Waals surface area contributed by atoms with Crippen molar-refractivity contribution in [3.05, 3.63) is 35.9 Å². The van der Waals surface area contributed by atoms with Crippen molar-refractivity contribution in [2.45, 2.75) is 28.8 Å². The number of rotatable bonds is 3. The standard InChI is InChI=1S/C14H15IO2/c15-13-11-7-4-8-12(13)14(11,17-9-16)10-5-2-1-3-6-10/h1-3,5-6,9,11-13H,4,7-8H2/t11-,12+,13?,14?. The smallest absolute Gasteiger partial charge is 0.293 e. The Kier molecular flexibility index (Phi) is 2.89. The Morgan fingerprint density at radius 3 is 2.41 bits per heavy atom. The lowest BCUT2D eigenvalue weighted by molar-refractivity contribution is -0.202. The molecule has 0 aromatic heterocycles. The van der Waals surface area contributed by atoms with Gasteiger partial charge in [-0.3, -0.25) is 4.79 Å². The first kappa shape index (κ1) is 11.5. The fraction of sp³-hybridized carbons (Fsp3) is 0.500. The second-order valence-corrected chi connectivity index (χ2v) is 6.40. The first-order chi connectivity index (χ1) is 8.30. The Balaban J connectivity index is 2.03. The van der Waals surface area contributed by atoms with Gasteiger partial charge in [-0.15, -0.1) is 0 Å². The molecule has 0 spiro atoms. The third kappa shape index (κ3) is 1.47. The Morgan fingerprint density at radius 1 is 1.24 bits per heavy atom. The number of benzene rings is 1. The lowest BCUT2D eigenvalue weighted by atomic mass is 9.51. The molecule has 2 unspecified atom stereocenters. The van der Waals surface area contributed by atoms with Gasteiger partial charge in [-0.25, -0.2) is 0 Å². The molecular weight excluding hydrogens is 327 g/mol. The Labute approximate surface area is 115 Å². The van der Waals surface area contributed by atoms with Gasteiger partial charge < -0.3 is 4.74 Å². The van der Waals surface area contributed by atoms with Gasteiger partial charge >= 0.3 is 0 Å². The van der Waals surface area contributed by atoms with Gasteiger partial charge in [0.15, 0.2) is 0 Å². The van der Waals surface area contributed by atoms with E-state index in [2.05, 4.69) is 34.7 Å². The first-order valence-electron chi connectivity index (χ1n) is 6.11. The van der Waals surface area contributed by atoms with Crippen LogP contribution in [0.5, 0.6) is 0 Å². The van der Waals surface area contributed by atoms with Crippen molar-refractivity contribution in [1.82, 2.24) is 0 Å². The minimum absolute atomic E-state index is 0.326. The van der Waals surface area contributed by atoms with Crippen molar-refractivity contribution in [3.8, 4) is 0 Å². The summed E-state index contributed by atoms with van der Waals surface area (Å²) in [6.07, 6.45) is 3.62. The van der Waals surface area contributed by atoms with Crippen LogP contribution in [0.15, 0.2) is 30.3 Å². The number of carbonyl (C=O) groups is 1. The maximum Gasteiger partial charge on any atom is 0.293 e. The highest BCUT2D eigenvalue weighted by Crippen LogP contribution is 2.63. The van der Waals surface area contributed by atoms with Crippen molar-refractivity contribution in [1.29, 1.82) is 0 Å². The van der Waals surface area contributed by atoms with Gasteiger partial charge in [0.05, 0.1) is 0 Å². The second-order valence-electron chi connectivity index (χ2n) is 4.96. The molecule has 0 aliphatic heterocycles. The van der Waals surface area contributed by atoms with Gasteiger partial charge in [-0.05, 0) is 18.4 Å². The molecule has 0 heterocycles. The van der Waals surface area contributed by atoms with E-state index in [1.165, 1.54) is 24.8 Å². The molecule has 0 amide bonds. The molecule has 90 valence electrons. The van der Waals surface area contributed by atoms with Gasteiger partial charge in [-0.1, -0.05) is 59.3 Å². The maximum atomic E-state index is 10.9. The van der Waals surface area contributed by atoms with Gasteiger partial charge in [-0.2, -0.15) is 0 Å². The zero-order valence-corrected chi connectivity index (χ0v) is 11.7. The van der Waals surface area contributed by atoms with E-state index in [4.69, 9.17) is 4.74 Å². The number of ether oxygens (including phenoxy) is 1. The molecule has 3 heteroatoms. The third-order valence-corrected chi connectivity index (χ3v) is 6.11. The molecule has 1 aromatic carbocycles. The van der Waals surface area contributed by atoms with Crippen LogP contribution in [0, 0.1) is 11.8 Å². The number of hydrogen-bond acceptors (Lipinski definition) is 2. The van der Waals surface area contributed by atoms with E-state index in [1.807, 2.05) is 18.2 Å². The fourth-order valence-electron chi connectivity index (χ4n) is 3.66. The zero-order valence-electron chi connectivity index (χ0n) is 9.51. The number of hydrogen-bond donors (Lipinski definition) is 0. The van der Waals surface area contributed by atoms with E-state index in [0.717, 1.165) is 0 Å². The highest BCUT2D eigenvalue weighted by atomic mass is 127. The van der Waals surface area contributed by atoms with E-state index in [0.29, 0.717) is 22.2 Å². The van der Waals surface area contributed by atoms with Gasteiger partial charge in [0.2, 0.25) is 0 Å². The fourth-order valence-corrected chi connectivity index (χ4v) is 5.45. The Bertz CT molecular complexity index is 405. The van der Waals surface area contributed by atoms with Crippen LogP contribution in [0.25, 0.3) is 0 Å². The minimum atomic E-state index is -0.326. The van der Waals surface area contributed by atoms with E-state index in [9.17, 15) is 4.79 Å². The van der Waals surface area contributed by atoms with Crippen molar-refractivity contribution in [2.24, 2.45) is 11.8 Å². The summed E-state index contributed by atoms with van der Waals surface area (Å²) in [5.41, 5.74) is 0.849. The molecule has 0 N–H and O–H groups in total. The van der Waals surface area contributed by atoms with Crippen molar-refractivity contribution in [2.75, 3.05) is 0 Å². The quantitative estimate of drug-likeness (QED) is 0.479. The molecule has 4 atom stereocenters. The Hall–Kier alpha value is -0.580. The molecule has 17 heavy (non-hydrogen) atoms. The van der Waals surface area contributed by atoms with Crippen LogP contribution in [-0.2, 0) is 15.1 Å². The molecule has 3 rings (SSSR count). The molecule has 2 aliphatic rings. The second kappa shape index (κ2) is 4.26. The predicted octanol–water partition coefficient (Wildman–Crippen LogP) is 3.29. The number of fused-ring (bicyclic) bond motifs is 2. The van der Waals surface area contributed by atoms with Crippen molar-refractivity contribution < 1.29 is 9.53 Å². The maximum absolute atomic E-state index is 10.9. The molecular formula is C14H15IO2. The largest absolute Gasteiger partial charge is 0.456 e. The minimum Gasteiger partial charge on any atom is -0.456 e. The van der Waals surface area contributed by atoms with E-state index < -0.39 is 0 Å². The molecule has 2 bridgehead atoms. The Morgan fingerprint density at radius 2 is 1.88 bits per heavy atom. The third-order valence-electron chi connectivity index (χ3n) is 4.37. The van der Waals surface area contributed by atoms with Crippen LogP contribution in [0.3, 0.4) is 0 Å². The summed E-state index contributed by atoms with van der Waals surface area (Å²) < 4.78 is 6.26. The van der Waals surface area contributed by atoms with Crippen LogP contribution >= 0.6 is 22.6 Å². The lowest BCUT2D eigenvalue weighted by Crippen LogP contribution is -2.64. The SMILES string of the molecule is O=COC1(c2ccccc2)[C@@H]2CCC[C@H]1C2I. The molecule has 2 aliphatic carbocycles. The van der Waals surface area contributed by atoms with E-state index in [1.54, 1.807) is 0 Å². The number of halogens is 1. The average molecular weight is 342 g/mol. The number of alkyl halides is 1. The van der Waals surface area contributed by atoms with Crippen molar-refractivity contribution in [3.63, 3.8) is 0 Å². The normalized spacial score (nSPS) is 39.2. The summed E-state index contributed by atoms with van der Waals surface area (Å²) in [5.74, 6) is 0.990. The molecule has 0 radical (unpaired) electrons. The van der Waals surface area contributed by atoms with E-state index in [-0.39, 0.29) is 5.60 Å². The molecule has 0 saturated heterocycles. The summed E-state index contributed by atoms with van der Waals surface area (Å²) in [7, 11) is 0. The van der Waals surface area contributed by atoms with Crippen LogP contribution < -0.4 is 0 Å². The molecule has 2 fully saturated rings. The molecule has 2 nitrogen and oxygen atoms in total. The first-order valence-corrected chi connectivity index (χ1v) is 7.36. The monoisotopic (exact) mass is 342 g/mol. The highest BCUT2D eigenvalue weighted by molar-refractivity contribution is 14.1. The van der Waals surface area contributed by atoms with Gasteiger partial charge in [0, 0.05) is 15.8 Å². The summed E-state index contributed by atoms with van der Waals surface area (Å²) in [6, 6.07) is 10.3. The van der Waals surface area contributed by atoms with Crippen LogP contribution in [0.2, 0.25) is 0 Å². The lowest BCUT2D eigenvalue weighted by Gasteiger charge is -2.61. The summed E-state index contributed by atoms with van der Waals surface area (Å²) >= 11 is 2.53.